The van der Waals surface area contributed by atoms with Crippen LogP contribution in [0.1, 0.15) is 34.7 Å². The van der Waals surface area contributed by atoms with Gasteiger partial charge in [0.1, 0.15) is 11.6 Å². The Balaban J connectivity index is 1.35. The smallest absolute Gasteiger partial charge is 0.236 e. The summed E-state index contributed by atoms with van der Waals surface area (Å²) in [6.07, 6.45) is 3.37. The highest BCUT2D eigenvalue weighted by molar-refractivity contribution is 6.05. The second-order valence-electron chi connectivity index (χ2n) is 9.44. The summed E-state index contributed by atoms with van der Waals surface area (Å²) >= 11 is 0. The van der Waals surface area contributed by atoms with Gasteiger partial charge < -0.3 is 10.2 Å². The van der Waals surface area contributed by atoms with Gasteiger partial charge in [0, 0.05) is 30.2 Å². The number of hydrogen-bond donors (Lipinski definition) is 1. The van der Waals surface area contributed by atoms with E-state index < -0.39 is 5.41 Å². The minimum Gasteiger partial charge on any atom is -0.352 e. The molecule has 2 aromatic carbocycles. The SMILES string of the molecule is Cc1cc2ccc(N3CCc4ccccc4C3)nc2cc1CC1(C)C(=O)Nc2ncccc21. The van der Waals surface area contributed by atoms with Crippen molar-refractivity contribution < 1.29 is 4.79 Å². The van der Waals surface area contributed by atoms with Crippen LogP contribution >= 0.6 is 0 Å². The van der Waals surface area contributed by atoms with Crippen molar-refractivity contribution >= 4 is 28.4 Å². The summed E-state index contributed by atoms with van der Waals surface area (Å²) in [5.74, 6) is 1.68. The third-order valence-electron chi connectivity index (χ3n) is 7.27. The zero-order valence-electron chi connectivity index (χ0n) is 18.9. The van der Waals surface area contributed by atoms with Crippen molar-refractivity contribution in [3.8, 4) is 0 Å². The predicted octanol–water partition coefficient (Wildman–Crippen LogP) is 4.95. The van der Waals surface area contributed by atoms with E-state index in [1.165, 1.54) is 16.7 Å². The highest BCUT2D eigenvalue weighted by Gasteiger charge is 2.43. The molecule has 0 saturated heterocycles. The molecule has 33 heavy (non-hydrogen) atoms. The molecule has 2 aliphatic heterocycles. The Bertz CT molecular complexity index is 1410. The first-order valence-corrected chi connectivity index (χ1v) is 11.5. The van der Waals surface area contributed by atoms with Crippen molar-refractivity contribution in [1.82, 2.24) is 9.97 Å². The molecule has 0 saturated carbocycles. The van der Waals surface area contributed by atoms with Gasteiger partial charge in [0.25, 0.3) is 0 Å². The third kappa shape index (κ3) is 3.27. The van der Waals surface area contributed by atoms with Crippen LogP contribution in [0.5, 0.6) is 0 Å². The summed E-state index contributed by atoms with van der Waals surface area (Å²) in [5.41, 5.74) is 6.42. The number of pyridine rings is 2. The van der Waals surface area contributed by atoms with Crippen LogP contribution in [0.4, 0.5) is 11.6 Å². The van der Waals surface area contributed by atoms with Crippen LogP contribution in [0.3, 0.4) is 0 Å². The van der Waals surface area contributed by atoms with Gasteiger partial charge in [-0.3, -0.25) is 4.79 Å². The number of nitrogens with zero attached hydrogens (tertiary/aromatic N) is 3. The Kier molecular flexibility index (Phi) is 4.47. The number of aryl methyl sites for hydroxylation is 1. The van der Waals surface area contributed by atoms with Crippen molar-refractivity contribution in [3.63, 3.8) is 0 Å². The predicted molar refractivity (Wildman–Crippen MR) is 132 cm³/mol. The maximum atomic E-state index is 12.9. The van der Waals surface area contributed by atoms with Crippen LogP contribution in [0, 0.1) is 6.92 Å². The summed E-state index contributed by atoms with van der Waals surface area (Å²) in [6.45, 7) is 5.98. The van der Waals surface area contributed by atoms with E-state index in [-0.39, 0.29) is 5.91 Å². The van der Waals surface area contributed by atoms with Crippen molar-refractivity contribution in [2.24, 2.45) is 0 Å². The number of carbonyl (C=O) groups is 1. The summed E-state index contributed by atoms with van der Waals surface area (Å²) in [6, 6.07) is 21.2. The van der Waals surface area contributed by atoms with Gasteiger partial charge in [-0.05, 0) is 79.3 Å². The average Bonchev–Trinajstić information content (AvgIpc) is 3.08. The molecule has 0 aliphatic carbocycles. The largest absolute Gasteiger partial charge is 0.352 e. The van der Waals surface area contributed by atoms with Gasteiger partial charge >= 0.3 is 0 Å². The molecule has 1 atom stereocenters. The maximum absolute atomic E-state index is 12.9. The molecule has 4 aromatic rings. The fourth-order valence-electron chi connectivity index (χ4n) is 5.25. The standard InChI is InChI=1S/C28H26N4O/c1-18-14-20-9-10-25(32-13-11-19-6-3-4-7-21(19)17-32)30-24(20)15-22(18)16-28(2)23-8-5-12-29-26(23)31-27(28)33/h3-10,12,14-15H,11,13,16-17H2,1-2H3,(H,29,31,33). The minimum atomic E-state index is -0.643. The average molecular weight is 435 g/mol. The Morgan fingerprint density at radius 3 is 2.79 bits per heavy atom. The Morgan fingerprint density at radius 1 is 1.06 bits per heavy atom. The van der Waals surface area contributed by atoms with Gasteiger partial charge in [-0.2, -0.15) is 0 Å². The number of anilines is 2. The van der Waals surface area contributed by atoms with E-state index in [1.54, 1.807) is 6.20 Å². The van der Waals surface area contributed by atoms with Gasteiger partial charge in [0.15, 0.2) is 0 Å². The lowest BCUT2D eigenvalue weighted by molar-refractivity contribution is -0.120. The number of carbonyl (C=O) groups excluding carboxylic acids is 1. The van der Waals surface area contributed by atoms with E-state index in [4.69, 9.17) is 4.98 Å². The first-order valence-electron chi connectivity index (χ1n) is 11.5. The van der Waals surface area contributed by atoms with E-state index in [9.17, 15) is 4.79 Å². The molecule has 4 heterocycles. The summed E-state index contributed by atoms with van der Waals surface area (Å²) < 4.78 is 0. The van der Waals surface area contributed by atoms with Crippen molar-refractivity contribution in [1.29, 1.82) is 0 Å². The molecule has 0 spiro atoms. The Hall–Kier alpha value is -3.73. The van der Waals surface area contributed by atoms with Gasteiger partial charge in [-0.1, -0.05) is 30.3 Å². The van der Waals surface area contributed by atoms with E-state index in [0.29, 0.717) is 12.2 Å². The topological polar surface area (TPSA) is 58.1 Å². The summed E-state index contributed by atoms with van der Waals surface area (Å²) in [7, 11) is 0. The normalized spacial score (nSPS) is 19.3. The number of benzene rings is 2. The molecule has 5 nitrogen and oxygen atoms in total. The lowest BCUT2D eigenvalue weighted by Gasteiger charge is -2.30. The van der Waals surface area contributed by atoms with Crippen LogP contribution in [-0.4, -0.2) is 22.4 Å². The van der Waals surface area contributed by atoms with Crippen LogP contribution in [0.2, 0.25) is 0 Å². The molecule has 164 valence electrons. The third-order valence-corrected chi connectivity index (χ3v) is 7.27. The van der Waals surface area contributed by atoms with Gasteiger partial charge in [-0.25, -0.2) is 9.97 Å². The van der Waals surface area contributed by atoms with Gasteiger partial charge in [-0.15, -0.1) is 0 Å². The van der Waals surface area contributed by atoms with Crippen LogP contribution in [0.15, 0.2) is 66.9 Å². The van der Waals surface area contributed by atoms with Crippen molar-refractivity contribution in [3.05, 3.63) is 94.7 Å². The first kappa shape index (κ1) is 19.9. The second-order valence-corrected chi connectivity index (χ2v) is 9.44. The number of hydrogen-bond acceptors (Lipinski definition) is 4. The number of rotatable bonds is 3. The molecule has 1 N–H and O–H groups in total. The lowest BCUT2D eigenvalue weighted by atomic mass is 9.78. The van der Waals surface area contributed by atoms with E-state index in [2.05, 4.69) is 70.7 Å². The lowest BCUT2D eigenvalue weighted by Crippen LogP contribution is -2.33. The fourth-order valence-corrected chi connectivity index (χ4v) is 5.25. The Morgan fingerprint density at radius 2 is 1.91 bits per heavy atom. The van der Waals surface area contributed by atoms with Crippen LogP contribution in [-0.2, 0) is 29.6 Å². The molecule has 2 aromatic heterocycles. The quantitative estimate of drug-likeness (QED) is 0.496. The van der Waals surface area contributed by atoms with Gasteiger partial charge in [0.2, 0.25) is 5.91 Å². The highest BCUT2D eigenvalue weighted by atomic mass is 16.2. The van der Waals surface area contributed by atoms with E-state index >= 15 is 0 Å². The number of fused-ring (bicyclic) bond motifs is 3. The highest BCUT2D eigenvalue weighted by Crippen LogP contribution is 2.39. The summed E-state index contributed by atoms with van der Waals surface area (Å²) in [4.78, 5) is 24.7. The van der Waals surface area contributed by atoms with Crippen molar-refractivity contribution in [2.75, 3.05) is 16.8 Å². The second kappa shape index (κ2) is 7.41. The number of aromatic nitrogens is 2. The number of amides is 1. The zero-order valence-corrected chi connectivity index (χ0v) is 18.9. The molecule has 5 heteroatoms. The van der Waals surface area contributed by atoms with E-state index in [0.717, 1.165) is 47.4 Å². The molecule has 1 amide bonds. The molecule has 0 bridgehead atoms. The molecule has 2 aliphatic rings. The van der Waals surface area contributed by atoms with Crippen LogP contribution < -0.4 is 10.2 Å². The summed E-state index contributed by atoms with van der Waals surface area (Å²) in [5, 5.41) is 4.08. The fraction of sp³-hybridized carbons (Fsp3) is 0.250. The molecule has 0 radical (unpaired) electrons. The Labute approximate surface area is 193 Å². The molecular weight excluding hydrogens is 408 g/mol. The maximum Gasteiger partial charge on any atom is 0.236 e. The van der Waals surface area contributed by atoms with Crippen LogP contribution in [0.25, 0.3) is 10.9 Å². The number of nitrogens with one attached hydrogen (secondary N) is 1. The van der Waals surface area contributed by atoms with Gasteiger partial charge in [0.05, 0.1) is 10.9 Å². The molecule has 1 unspecified atom stereocenters. The monoisotopic (exact) mass is 434 g/mol. The van der Waals surface area contributed by atoms with E-state index in [1.807, 2.05) is 19.1 Å². The molecular formula is C28H26N4O. The van der Waals surface area contributed by atoms with Crippen molar-refractivity contribution in [2.45, 2.75) is 38.6 Å². The minimum absolute atomic E-state index is 0.00406. The molecule has 0 fully saturated rings. The molecule has 6 rings (SSSR count). The first-order chi connectivity index (χ1) is 16.0. The zero-order chi connectivity index (χ0) is 22.6.